The fourth-order valence-corrected chi connectivity index (χ4v) is 2.77. The number of amides is 1. The first kappa shape index (κ1) is 17.8. The maximum Gasteiger partial charge on any atom is 0.258 e. The number of aryl methyl sites for hydroxylation is 1. The molecule has 0 aliphatic heterocycles. The molecule has 0 saturated heterocycles. The number of rotatable bonds is 7. The van der Waals surface area contributed by atoms with Crippen molar-refractivity contribution in [2.45, 2.75) is 6.10 Å². The minimum absolute atomic E-state index is 0.118. The summed E-state index contributed by atoms with van der Waals surface area (Å²) in [5, 5.41) is 14.1. The molecule has 0 fully saturated rings. The lowest BCUT2D eigenvalue weighted by Gasteiger charge is -2.14. The Morgan fingerprint density at radius 3 is 2.73 bits per heavy atom. The van der Waals surface area contributed by atoms with Gasteiger partial charge in [-0.2, -0.15) is 0 Å². The Bertz CT molecular complexity index is 904. The van der Waals surface area contributed by atoms with Gasteiger partial charge in [-0.1, -0.05) is 18.2 Å². The predicted octanol–water partition coefficient (Wildman–Crippen LogP) is 2.42. The van der Waals surface area contributed by atoms with Crippen LogP contribution in [0.25, 0.3) is 10.9 Å². The molecular formula is C20H22N2O4. The minimum atomic E-state index is -0.783. The summed E-state index contributed by atoms with van der Waals surface area (Å²) in [4.78, 5) is 12.0. The number of aliphatic hydroxyl groups is 1. The fraction of sp³-hybridized carbons (Fsp3) is 0.250. The topological polar surface area (TPSA) is 72.7 Å². The normalized spacial score (nSPS) is 12.0. The first-order valence-electron chi connectivity index (χ1n) is 8.34. The molecule has 0 saturated carbocycles. The van der Waals surface area contributed by atoms with Crippen molar-refractivity contribution in [3.05, 3.63) is 60.3 Å². The number of benzene rings is 2. The van der Waals surface area contributed by atoms with Gasteiger partial charge in [0.15, 0.2) is 18.1 Å². The maximum absolute atomic E-state index is 12.0. The van der Waals surface area contributed by atoms with E-state index in [4.69, 9.17) is 9.47 Å². The van der Waals surface area contributed by atoms with Crippen LogP contribution in [-0.4, -0.2) is 35.8 Å². The summed E-state index contributed by atoms with van der Waals surface area (Å²) < 4.78 is 12.7. The van der Waals surface area contributed by atoms with Crippen LogP contribution in [0.15, 0.2) is 54.7 Å². The van der Waals surface area contributed by atoms with Crippen LogP contribution in [0.4, 0.5) is 0 Å². The van der Waals surface area contributed by atoms with E-state index in [1.54, 1.807) is 25.3 Å². The lowest BCUT2D eigenvalue weighted by atomic mass is 10.1. The molecule has 1 unspecified atom stereocenters. The summed E-state index contributed by atoms with van der Waals surface area (Å²) in [6, 6.07) is 14.9. The minimum Gasteiger partial charge on any atom is -0.493 e. The second-order valence-electron chi connectivity index (χ2n) is 6.00. The van der Waals surface area contributed by atoms with E-state index in [-0.39, 0.29) is 19.1 Å². The summed E-state index contributed by atoms with van der Waals surface area (Å²) >= 11 is 0. The highest BCUT2D eigenvalue weighted by molar-refractivity contribution is 5.81. The van der Waals surface area contributed by atoms with Crippen LogP contribution in [-0.2, 0) is 11.8 Å². The van der Waals surface area contributed by atoms with Crippen molar-refractivity contribution in [2.24, 2.45) is 7.05 Å². The Kier molecular flexibility index (Phi) is 5.43. The van der Waals surface area contributed by atoms with Gasteiger partial charge in [-0.25, -0.2) is 0 Å². The molecule has 1 atom stereocenters. The summed E-state index contributed by atoms with van der Waals surface area (Å²) in [5.74, 6) is 0.757. The Morgan fingerprint density at radius 2 is 1.96 bits per heavy atom. The van der Waals surface area contributed by atoms with Crippen molar-refractivity contribution < 1.29 is 19.4 Å². The third-order valence-electron chi connectivity index (χ3n) is 4.21. The third kappa shape index (κ3) is 3.97. The molecule has 26 heavy (non-hydrogen) atoms. The van der Waals surface area contributed by atoms with Gasteiger partial charge in [0, 0.05) is 25.3 Å². The van der Waals surface area contributed by atoms with Crippen molar-refractivity contribution in [2.75, 3.05) is 20.3 Å². The number of nitrogens with zero attached hydrogens (tertiary/aromatic N) is 1. The number of fused-ring (bicyclic) bond motifs is 1. The smallest absolute Gasteiger partial charge is 0.258 e. The molecule has 3 aromatic rings. The number of nitrogens with one attached hydrogen (secondary N) is 1. The van der Waals surface area contributed by atoms with E-state index in [0.29, 0.717) is 11.5 Å². The molecule has 1 heterocycles. The molecule has 0 aliphatic rings. The zero-order valence-corrected chi connectivity index (χ0v) is 14.8. The molecule has 2 N–H and O–H groups in total. The summed E-state index contributed by atoms with van der Waals surface area (Å²) in [6.45, 7) is -0.0305. The van der Waals surface area contributed by atoms with Crippen LogP contribution in [0.5, 0.6) is 11.5 Å². The van der Waals surface area contributed by atoms with Gasteiger partial charge in [0.2, 0.25) is 0 Å². The van der Waals surface area contributed by atoms with E-state index < -0.39 is 6.10 Å². The fourth-order valence-electron chi connectivity index (χ4n) is 2.77. The van der Waals surface area contributed by atoms with Gasteiger partial charge < -0.3 is 24.5 Å². The number of aliphatic hydroxyl groups excluding tert-OH is 1. The highest BCUT2D eigenvalue weighted by Gasteiger charge is 2.12. The van der Waals surface area contributed by atoms with Crippen LogP contribution in [0.3, 0.4) is 0 Å². The van der Waals surface area contributed by atoms with Crippen LogP contribution in [0, 0.1) is 0 Å². The van der Waals surface area contributed by atoms with Crippen molar-refractivity contribution in [3.63, 3.8) is 0 Å². The van der Waals surface area contributed by atoms with Crippen molar-refractivity contribution in [1.82, 2.24) is 9.88 Å². The summed E-state index contributed by atoms with van der Waals surface area (Å²) in [5.41, 5.74) is 1.85. The van der Waals surface area contributed by atoms with Crippen molar-refractivity contribution in [1.29, 1.82) is 0 Å². The number of hydrogen-bond acceptors (Lipinski definition) is 4. The molecule has 0 spiro atoms. The van der Waals surface area contributed by atoms with Crippen LogP contribution >= 0.6 is 0 Å². The van der Waals surface area contributed by atoms with E-state index >= 15 is 0 Å². The van der Waals surface area contributed by atoms with Crippen LogP contribution in [0.2, 0.25) is 0 Å². The van der Waals surface area contributed by atoms with Gasteiger partial charge in [0.1, 0.15) is 0 Å². The zero-order chi connectivity index (χ0) is 18.5. The molecule has 0 aliphatic carbocycles. The standard InChI is InChI=1S/C20H22N2O4/c1-22-10-9-14-11-15(7-8-16(14)22)17(23)12-21-20(24)13-26-19-6-4-3-5-18(19)25-2/h3-11,17,23H,12-13H2,1-2H3,(H,21,24). The van der Waals surface area contributed by atoms with E-state index in [9.17, 15) is 9.90 Å². The van der Waals surface area contributed by atoms with Crippen LogP contribution in [0.1, 0.15) is 11.7 Å². The lowest BCUT2D eigenvalue weighted by Crippen LogP contribution is -2.32. The van der Waals surface area contributed by atoms with E-state index in [0.717, 1.165) is 16.5 Å². The average molecular weight is 354 g/mol. The van der Waals surface area contributed by atoms with E-state index in [1.807, 2.05) is 48.1 Å². The Hall–Kier alpha value is -2.99. The highest BCUT2D eigenvalue weighted by atomic mass is 16.5. The number of ether oxygens (including phenoxy) is 2. The Balaban J connectivity index is 1.53. The quantitative estimate of drug-likeness (QED) is 0.683. The lowest BCUT2D eigenvalue weighted by molar-refractivity contribution is -0.123. The molecule has 136 valence electrons. The van der Waals surface area contributed by atoms with Gasteiger partial charge in [-0.15, -0.1) is 0 Å². The summed E-state index contributed by atoms with van der Waals surface area (Å²) in [6.07, 6.45) is 1.19. The molecule has 0 radical (unpaired) electrons. The number of para-hydroxylation sites is 2. The highest BCUT2D eigenvalue weighted by Crippen LogP contribution is 2.25. The zero-order valence-electron chi connectivity index (χ0n) is 14.8. The molecule has 2 aromatic carbocycles. The maximum atomic E-state index is 12.0. The number of carbonyl (C=O) groups is 1. The van der Waals surface area contributed by atoms with E-state index in [1.165, 1.54) is 0 Å². The van der Waals surface area contributed by atoms with Gasteiger partial charge >= 0.3 is 0 Å². The molecule has 6 nitrogen and oxygen atoms in total. The molecule has 1 aromatic heterocycles. The van der Waals surface area contributed by atoms with E-state index in [2.05, 4.69) is 5.32 Å². The predicted molar refractivity (Wildman–Crippen MR) is 99.4 cm³/mol. The van der Waals surface area contributed by atoms with Gasteiger partial charge in [-0.05, 0) is 41.3 Å². The Morgan fingerprint density at radius 1 is 1.19 bits per heavy atom. The van der Waals surface area contributed by atoms with Crippen LogP contribution < -0.4 is 14.8 Å². The van der Waals surface area contributed by atoms with Gasteiger partial charge in [-0.3, -0.25) is 4.79 Å². The van der Waals surface area contributed by atoms with Gasteiger partial charge in [0.25, 0.3) is 5.91 Å². The number of methoxy groups -OCH3 is 1. The first-order chi connectivity index (χ1) is 12.6. The number of aromatic nitrogens is 1. The molecule has 0 bridgehead atoms. The molecule has 1 amide bonds. The number of hydrogen-bond donors (Lipinski definition) is 2. The van der Waals surface area contributed by atoms with Crippen molar-refractivity contribution >= 4 is 16.8 Å². The molecule has 6 heteroatoms. The SMILES string of the molecule is COc1ccccc1OCC(=O)NCC(O)c1ccc2c(ccn2C)c1. The third-order valence-corrected chi connectivity index (χ3v) is 4.21. The number of carbonyl (C=O) groups excluding carboxylic acids is 1. The Labute approximate surface area is 152 Å². The first-order valence-corrected chi connectivity index (χ1v) is 8.34. The second kappa shape index (κ2) is 7.93. The average Bonchev–Trinajstić information content (AvgIpc) is 3.05. The van der Waals surface area contributed by atoms with Crippen molar-refractivity contribution in [3.8, 4) is 11.5 Å². The molecule has 3 rings (SSSR count). The second-order valence-corrected chi connectivity index (χ2v) is 6.00. The molecular weight excluding hydrogens is 332 g/mol. The monoisotopic (exact) mass is 354 g/mol. The van der Waals surface area contributed by atoms with Gasteiger partial charge in [0.05, 0.1) is 13.2 Å². The largest absolute Gasteiger partial charge is 0.493 e. The summed E-state index contributed by atoms with van der Waals surface area (Å²) in [7, 11) is 3.52.